The van der Waals surface area contributed by atoms with Crippen molar-refractivity contribution in [1.29, 1.82) is 0 Å². The first-order valence-corrected chi connectivity index (χ1v) is 10.4. The zero-order chi connectivity index (χ0) is 20.4. The summed E-state index contributed by atoms with van der Waals surface area (Å²) in [5.74, 6) is 1.42. The van der Waals surface area contributed by atoms with Crippen LogP contribution in [0.25, 0.3) is 6.08 Å². The summed E-state index contributed by atoms with van der Waals surface area (Å²) in [5, 5.41) is 3.54. The molecule has 1 aromatic heterocycles. The third-order valence-electron chi connectivity index (χ3n) is 5.05. The van der Waals surface area contributed by atoms with E-state index in [4.69, 9.17) is 9.47 Å². The van der Waals surface area contributed by atoms with Crippen molar-refractivity contribution in [1.82, 2.24) is 9.88 Å². The van der Waals surface area contributed by atoms with E-state index in [0.29, 0.717) is 36.1 Å². The number of anilines is 1. The predicted molar refractivity (Wildman–Crippen MR) is 111 cm³/mol. The van der Waals surface area contributed by atoms with Crippen LogP contribution in [0.2, 0.25) is 0 Å². The fourth-order valence-corrected chi connectivity index (χ4v) is 4.25. The number of methoxy groups -OCH3 is 2. The van der Waals surface area contributed by atoms with E-state index in [9.17, 15) is 9.59 Å². The van der Waals surface area contributed by atoms with Crippen molar-refractivity contribution in [3.8, 4) is 11.5 Å². The number of carbonyl (C=O) groups excluding carboxylic acids is 2. The van der Waals surface area contributed by atoms with E-state index in [1.165, 1.54) is 11.3 Å². The average Bonchev–Trinajstić information content (AvgIpc) is 3.51. The maximum atomic E-state index is 12.6. The van der Waals surface area contributed by atoms with Gasteiger partial charge in [-0.05, 0) is 36.6 Å². The van der Waals surface area contributed by atoms with Crippen molar-refractivity contribution >= 4 is 34.4 Å². The van der Waals surface area contributed by atoms with Crippen LogP contribution in [0, 0.1) is 5.92 Å². The lowest BCUT2D eigenvalue weighted by Gasteiger charge is -2.24. The van der Waals surface area contributed by atoms with E-state index < -0.39 is 0 Å². The zero-order valence-electron chi connectivity index (χ0n) is 16.4. The summed E-state index contributed by atoms with van der Waals surface area (Å²) < 4.78 is 10.5. The molecular formula is C21H23N3O4S. The molecule has 0 atom stereocenters. The van der Waals surface area contributed by atoms with E-state index in [1.54, 1.807) is 31.3 Å². The van der Waals surface area contributed by atoms with Gasteiger partial charge >= 0.3 is 0 Å². The molecule has 0 saturated heterocycles. The summed E-state index contributed by atoms with van der Waals surface area (Å²) >= 11 is 1.46. The molecule has 1 N–H and O–H groups in total. The molecule has 2 aromatic rings. The third-order valence-corrected chi connectivity index (χ3v) is 6.04. The first-order chi connectivity index (χ1) is 14.1. The fourth-order valence-electron chi connectivity index (χ4n) is 3.22. The van der Waals surface area contributed by atoms with Crippen LogP contribution in [0.15, 0.2) is 24.3 Å². The minimum Gasteiger partial charge on any atom is -0.493 e. The van der Waals surface area contributed by atoms with Gasteiger partial charge in [-0.15, -0.1) is 0 Å². The molecule has 0 spiro atoms. The Hall–Kier alpha value is -2.87. The Morgan fingerprint density at radius 2 is 2.03 bits per heavy atom. The lowest BCUT2D eigenvalue weighted by molar-refractivity contribution is -0.126. The number of hydrogen-bond donors (Lipinski definition) is 1. The Labute approximate surface area is 173 Å². The monoisotopic (exact) mass is 413 g/mol. The van der Waals surface area contributed by atoms with Gasteiger partial charge in [0.2, 0.25) is 11.8 Å². The number of aromatic nitrogens is 1. The van der Waals surface area contributed by atoms with Crippen LogP contribution in [0.1, 0.15) is 29.0 Å². The van der Waals surface area contributed by atoms with Gasteiger partial charge in [-0.25, -0.2) is 4.98 Å². The van der Waals surface area contributed by atoms with Gasteiger partial charge in [0.1, 0.15) is 0 Å². The summed E-state index contributed by atoms with van der Waals surface area (Å²) in [5.41, 5.74) is 1.84. The van der Waals surface area contributed by atoms with Crippen molar-refractivity contribution in [3.63, 3.8) is 0 Å². The molecule has 2 amide bonds. The molecule has 1 aromatic carbocycles. The second-order valence-electron chi connectivity index (χ2n) is 7.11. The van der Waals surface area contributed by atoms with Gasteiger partial charge in [0.15, 0.2) is 16.6 Å². The SMILES string of the molecule is COc1ccc(/C=C/C(=O)N2CCc3nc(NC(=O)C4CC4)sc3C2)cc1OC. The molecular weight excluding hydrogens is 390 g/mol. The van der Waals surface area contributed by atoms with E-state index in [2.05, 4.69) is 10.3 Å². The first-order valence-electron chi connectivity index (χ1n) is 9.56. The fraction of sp³-hybridized carbons (Fsp3) is 0.381. The molecule has 0 unspecified atom stereocenters. The highest BCUT2D eigenvalue weighted by Crippen LogP contribution is 2.33. The number of hydrogen-bond acceptors (Lipinski definition) is 6. The second kappa shape index (κ2) is 8.24. The number of ether oxygens (including phenoxy) is 2. The maximum absolute atomic E-state index is 12.6. The minimum absolute atomic E-state index is 0.0533. The maximum Gasteiger partial charge on any atom is 0.246 e. The summed E-state index contributed by atoms with van der Waals surface area (Å²) in [6.07, 6.45) is 5.97. The predicted octanol–water partition coefficient (Wildman–Crippen LogP) is 3.11. The number of carbonyl (C=O) groups is 2. The molecule has 7 nitrogen and oxygen atoms in total. The topological polar surface area (TPSA) is 80.8 Å². The van der Waals surface area contributed by atoms with Crippen LogP contribution in [0.5, 0.6) is 11.5 Å². The highest BCUT2D eigenvalue weighted by Gasteiger charge is 2.31. The Morgan fingerprint density at radius 1 is 1.24 bits per heavy atom. The Bertz CT molecular complexity index is 965. The summed E-state index contributed by atoms with van der Waals surface area (Å²) in [6.45, 7) is 1.13. The highest BCUT2D eigenvalue weighted by molar-refractivity contribution is 7.15. The van der Waals surface area contributed by atoms with E-state index in [0.717, 1.165) is 29.0 Å². The molecule has 0 radical (unpaired) electrons. The molecule has 152 valence electrons. The number of amides is 2. The molecule has 2 aliphatic rings. The third kappa shape index (κ3) is 4.42. The lowest BCUT2D eigenvalue weighted by atomic mass is 10.1. The van der Waals surface area contributed by atoms with Crippen LogP contribution in [0.3, 0.4) is 0 Å². The average molecular weight is 413 g/mol. The van der Waals surface area contributed by atoms with Crippen molar-refractivity contribution < 1.29 is 19.1 Å². The first kappa shape index (κ1) is 19.4. The Balaban J connectivity index is 1.39. The number of nitrogens with one attached hydrogen (secondary N) is 1. The summed E-state index contributed by atoms with van der Waals surface area (Å²) in [7, 11) is 3.17. The highest BCUT2D eigenvalue weighted by atomic mass is 32.1. The van der Waals surface area contributed by atoms with Crippen molar-refractivity contribution in [2.24, 2.45) is 5.92 Å². The normalized spacial score (nSPS) is 15.9. The standard InChI is InChI=1S/C21H23N3O4S/c1-27-16-7-3-13(11-17(16)28-2)4-8-19(25)24-10-9-15-18(12-24)29-21(22-15)23-20(26)14-5-6-14/h3-4,7-8,11,14H,5-6,9-10,12H2,1-2H3,(H,22,23,26)/b8-4+. The largest absolute Gasteiger partial charge is 0.493 e. The van der Waals surface area contributed by atoms with Crippen molar-refractivity contribution in [2.75, 3.05) is 26.1 Å². The van der Waals surface area contributed by atoms with Gasteiger partial charge in [0.25, 0.3) is 0 Å². The zero-order valence-corrected chi connectivity index (χ0v) is 17.3. The van der Waals surface area contributed by atoms with Crippen LogP contribution in [-0.2, 0) is 22.6 Å². The number of nitrogens with zero attached hydrogens (tertiary/aromatic N) is 2. The molecule has 1 aliphatic carbocycles. The molecule has 29 heavy (non-hydrogen) atoms. The smallest absolute Gasteiger partial charge is 0.246 e. The van der Waals surface area contributed by atoms with Crippen molar-refractivity contribution in [2.45, 2.75) is 25.8 Å². The summed E-state index contributed by atoms with van der Waals surface area (Å²) in [4.78, 5) is 31.9. The lowest BCUT2D eigenvalue weighted by Crippen LogP contribution is -2.34. The van der Waals surface area contributed by atoms with Gasteiger partial charge in [-0.3, -0.25) is 9.59 Å². The van der Waals surface area contributed by atoms with Crippen LogP contribution in [-0.4, -0.2) is 42.5 Å². The van der Waals surface area contributed by atoms with E-state index >= 15 is 0 Å². The Kier molecular flexibility index (Phi) is 5.53. The molecule has 1 saturated carbocycles. The second-order valence-corrected chi connectivity index (χ2v) is 8.19. The number of thiazole rings is 1. The van der Waals surface area contributed by atoms with Crippen LogP contribution < -0.4 is 14.8 Å². The van der Waals surface area contributed by atoms with Gasteiger partial charge in [0, 0.05) is 29.8 Å². The number of benzene rings is 1. The molecule has 2 heterocycles. The quantitative estimate of drug-likeness (QED) is 0.736. The summed E-state index contributed by atoms with van der Waals surface area (Å²) in [6, 6.07) is 5.51. The minimum atomic E-state index is -0.0533. The Morgan fingerprint density at radius 3 is 2.76 bits per heavy atom. The van der Waals surface area contributed by atoms with Gasteiger partial charge in [0.05, 0.1) is 26.5 Å². The van der Waals surface area contributed by atoms with E-state index in [-0.39, 0.29) is 17.7 Å². The number of rotatable bonds is 6. The molecule has 4 rings (SSSR count). The number of fused-ring (bicyclic) bond motifs is 1. The van der Waals surface area contributed by atoms with Crippen LogP contribution >= 0.6 is 11.3 Å². The molecule has 1 fully saturated rings. The van der Waals surface area contributed by atoms with Gasteiger partial charge in [-0.1, -0.05) is 17.4 Å². The molecule has 0 bridgehead atoms. The van der Waals surface area contributed by atoms with Gasteiger partial charge in [-0.2, -0.15) is 0 Å². The van der Waals surface area contributed by atoms with E-state index in [1.807, 2.05) is 18.2 Å². The van der Waals surface area contributed by atoms with Gasteiger partial charge < -0.3 is 19.7 Å². The van der Waals surface area contributed by atoms with Crippen molar-refractivity contribution in [3.05, 3.63) is 40.4 Å². The molecule has 1 aliphatic heterocycles. The van der Waals surface area contributed by atoms with Crippen LogP contribution in [0.4, 0.5) is 5.13 Å². The molecule has 8 heteroatoms.